The van der Waals surface area contributed by atoms with Crippen molar-refractivity contribution in [3.8, 4) is 11.5 Å². The van der Waals surface area contributed by atoms with Gasteiger partial charge in [0.15, 0.2) is 0 Å². The number of nitrogens with zero attached hydrogens (tertiary/aromatic N) is 4. The number of rotatable bonds is 12. The number of aryl methyl sites for hydroxylation is 2. The summed E-state index contributed by atoms with van der Waals surface area (Å²) in [6, 6.07) is 13.2. The molecule has 0 bridgehead atoms. The number of carbonyl (C=O) groups is 4. The van der Waals surface area contributed by atoms with Crippen molar-refractivity contribution in [3.63, 3.8) is 0 Å². The molecule has 4 rings (SSSR count). The number of amides is 6. The first kappa shape index (κ1) is 31.8. The van der Waals surface area contributed by atoms with Crippen molar-refractivity contribution >= 4 is 23.9 Å². The fraction of sp³-hybridized carbons (Fsp3) is 0.484. The molecule has 0 aromatic heterocycles. The fourth-order valence-electron chi connectivity index (χ4n) is 5.11. The molecule has 2 N–H and O–H groups in total. The van der Waals surface area contributed by atoms with Gasteiger partial charge >= 0.3 is 12.1 Å². The van der Waals surface area contributed by atoms with Crippen LogP contribution in [0.25, 0.3) is 0 Å². The van der Waals surface area contributed by atoms with Crippen molar-refractivity contribution in [1.29, 1.82) is 0 Å². The van der Waals surface area contributed by atoms with Gasteiger partial charge in [-0.2, -0.15) is 0 Å². The van der Waals surface area contributed by atoms with Crippen LogP contribution in [0.3, 0.4) is 0 Å². The summed E-state index contributed by atoms with van der Waals surface area (Å²) in [7, 11) is 0. The number of ether oxygens (including phenoxy) is 2. The van der Waals surface area contributed by atoms with Gasteiger partial charge in [-0.25, -0.2) is 9.59 Å². The Bertz CT molecular complexity index is 1290. The number of carbonyl (C=O) groups excluding carboxylic acids is 4. The van der Waals surface area contributed by atoms with Crippen LogP contribution in [0.2, 0.25) is 0 Å². The van der Waals surface area contributed by atoms with Crippen LogP contribution in [0.1, 0.15) is 38.8 Å². The number of para-hydroxylation sites is 2. The first-order valence-corrected chi connectivity index (χ1v) is 14.2. The summed E-state index contributed by atoms with van der Waals surface area (Å²) >= 11 is 0. The largest absolute Gasteiger partial charge is 0.491 e. The van der Waals surface area contributed by atoms with E-state index in [9.17, 15) is 29.4 Å². The zero-order valence-electron chi connectivity index (χ0n) is 25.4. The van der Waals surface area contributed by atoms with Gasteiger partial charge in [0.05, 0.1) is 13.1 Å². The molecule has 0 spiro atoms. The van der Waals surface area contributed by atoms with Crippen molar-refractivity contribution in [2.75, 3.05) is 33.0 Å². The molecule has 0 unspecified atom stereocenters. The van der Waals surface area contributed by atoms with Crippen LogP contribution in [0.5, 0.6) is 11.5 Å². The van der Waals surface area contributed by atoms with Gasteiger partial charge in [0, 0.05) is 0 Å². The normalized spacial score (nSPS) is 19.3. The Balaban J connectivity index is 1.41. The highest BCUT2D eigenvalue weighted by Crippen LogP contribution is 2.33. The number of imide groups is 2. The average Bonchev–Trinajstić information content (AvgIpc) is 3.21. The van der Waals surface area contributed by atoms with Gasteiger partial charge < -0.3 is 19.7 Å². The average molecular weight is 597 g/mol. The van der Waals surface area contributed by atoms with E-state index < -0.39 is 47.2 Å². The van der Waals surface area contributed by atoms with Crippen molar-refractivity contribution in [2.45, 2.75) is 64.8 Å². The van der Waals surface area contributed by atoms with Crippen molar-refractivity contribution < 1.29 is 38.9 Å². The maximum atomic E-state index is 13.5. The van der Waals surface area contributed by atoms with Gasteiger partial charge in [-0.15, -0.1) is 0 Å². The lowest BCUT2D eigenvalue weighted by atomic mass is 10.0. The second-order valence-electron chi connectivity index (χ2n) is 12.0. The molecule has 0 saturated carbocycles. The first-order chi connectivity index (χ1) is 20.2. The second kappa shape index (κ2) is 12.2. The molecule has 43 heavy (non-hydrogen) atoms. The first-order valence-electron chi connectivity index (χ1n) is 14.2. The lowest BCUT2D eigenvalue weighted by molar-refractivity contribution is -0.134. The lowest BCUT2D eigenvalue weighted by Crippen LogP contribution is -2.55. The van der Waals surface area contributed by atoms with Crippen molar-refractivity contribution in [2.24, 2.45) is 0 Å². The molecule has 6 amide bonds. The van der Waals surface area contributed by atoms with Crippen LogP contribution in [-0.4, -0.2) is 110 Å². The number of benzene rings is 2. The summed E-state index contributed by atoms with van der Waals surface area (Å²) < 4.78 is 11.3. The van der Waals surface area contributed by atoms with Gasteiger partial charge in [-0.3, -0.25) is 29.2 Å². The van der Waals surface area contributed by atoms with Gasteiger partial charge in [-0.1, -0.05) is 36.4 Å². The van der Waals surface area contributed by atoms with E-state index >= 15 is 0 Å². The summed E-state index contributed by atoms with van der Waals surface area (Å²) in [5.41, 5.74) is -0.964. The molecule has 12 heteroatoms. The molecular weight excluding hydrogens is 556 g/mol. The van der Waals surface area contributed by atoms with Crippen molar-refractivity contribution in [1.82, 2.24) is 19.6 Å². The van der Waals surface area contributed by atoms with E-state index in [1.165, 1.54) is 9.80 Å². The van der Waals surface area contributed by atoms with Crippen LogP contribution < -0.4 is 9.47 Å². The fourth-order valence-corrected chi connectivity index (χ4v) is 5.11. The van der Waals surface area contributed by atoms with Gasteiger partial charge in [0.1, 0.15) is 54.7 Å². The Kier molecular flexibility index (Phi) is 9.02. The standard InChI is InChI=1S/C31H40N4O8/c1-20-11-7-9-13-24(20)42-17-22(36)15-32-26(38)30(3,4)34(28(32)40)19-35-29(41)33(27(39)31(35,5)6)16-23(37)18-43-25-14-10-8-12-21(25)2/h7-14,22-23,36-37H,15-19H2,1-6H3/t22-,23+. The smallest absolute Gasteiger partial charge is 0.329 e. The quantitative estimate of drug-likeness (QED) is 0.357. The number of hydrogen-bond acceptors (Lipinski definition) is 8. The zero-order chi connectivity index (χ0) is 31.7. The number of urea groups is 2. The van der Waals surface area contributed by atoms with Crippen LogP contribution in [0.4, 0.5) is 9.59 Å². The Hall–Kier alpha value is -4.16. The maximum absolute atomic E-state index is 13.5. The summed E-state index contributed by atoms with van der Waals surface area (Å²) in [6.07, 6.45) is -2.32. The van der Waals surface area contributed by atoms with E-state index in [0.29, 0.717) is 11.5 Å². The molecule has 2 aromatic carbocycles. The highest BCUT2D eigenvalue weighted by atomic mass is 16.5. The van der Waals surface area contributed by atoms with E-state index in [0.717, 1.165) is 20.9 Å². The Morgan fingerprint density at radius 2 is 1.00 bits per heavy atom. The van der Waals surface area contributed by atoms with Crippen LogP contribution >= 0.6 is 0 Å². The molecule has 12 nitrogen and oxygen atoms in total. The molecule has 2 heterocycles. The topological polar surface area (TPSA) is 140 Å². The summed E-state index contributed by atoms with van der Waals surface area (Å²) in [4.78, 5) is 57.8. The third kappa shape index (κ3) is 6.30. The van der Waals surface area contributed by atoms with E-state index in [2.05, 4.69) is 0 Å². The SMILES string of the molecule is Cc1ccccc1OC[C@@H](O)CN1C(=O)N(CN2C(=O)N(C[C@@H](O)COc3ccccc3C)C(=O)C2(C)C)C(C)(C)C1=O. The molecule has 2 aliphatic rings. The summed E-state index contributed by atoms with van der Waals surface area (Å²) in [6.45, 7) is 8.66. The Morgan fingerprint density at radius 3 is 1.35 bits per heavy atom. The molecule has 2 atom stereocenters. The van der Waals surface area contributed by atoms with E-state index in [1.54, 1.807) is 52.0 Å². The highest BCUT2D eigenvalue weighted by Gasteiger charge is 2.57. The molecule has 2 aromatic rings. The Morgan fingerprint density at radius 1 is 0.651 bits per heavy atom. The molecule has 2 fully saturated rings. The number of β-amino-alcohol motifs (C(OH)–C–C–N with tert-alkyl or cyclic N) is 2. The Labute approximate surface area is 251 Å². The monoisotopic (exact) mass is 596 g/mol. The maximum Gasteiger partial charge on any atom is 0.329 e. The van der Waals surface area contributed by atoms with Crippen LogP contribution in [-0.2, 0) is 9.59 Å². The van der Waals surface area contributed by atoms with Crippen LogP contribution in [0.15, 0.2) is 48.5 Å². The minimum atomic E-state index is -1.36. The highest BCUT2D eigenvalue weighted by molar-refractivity contribution is 6.08. The predicted octanol–water partition coefficient (Wildman–Crippen LogP) is 2.53. The molecule has 232 valence electrons. The van der Waals surface area contributed by atoms with Crippen LogP contribution in [0, 0.1) is 13.8 Å². The molecule has 2 saturated heterocycles. The molecule has 2 aliphatic heterocycles. The summed E-state index contributed by atoms with van der Waals surface area (Å²) in [5, 5.41) is 21.2. The number of aliphatic hydroxyl groups is 2. The van der Waals surface area contributed by atoms with E-state index in [-0.39, 0.29) is 33.0 Å². The lowest BCUT2D eigenvalue weighted by Gasteiger charge is -2.36. The molecule has 0 aliphatic carbocycles. The minimum absolute atomic E-state index is 0.140. The third-order valence-electron chi connectivity index (χ3n) is 7.93. The van der Waals surface area contributed by atoms with Gasteiger partial charge in [0.2, 0.25) is 0 Å². The minimum Gasteiger partial charge on any atom is -0.491 e. The van der Waals surface area contributed by atoms with Gasteiger partial charge in [0.25, 0.3) is 11.8 Å². The summed E-state index contributed by atoms with van der Waals surface area (Å²) in [5.74, 6) is 0.0598. The molecular formula is C31H40N4O8. The van der Waals surface area contributed by atoms with Gasteiger partial charge in [-0.05, 0) is 64.8 Å². The predicted molar refractivity (Wildman–Crippen MR) is 156 cm³/mol. The third-order valence-corrected chi connectivity index (χ3v) is 7.93. The van der Waals surface area contributed by atoms with E-state index in [1.807, 2.05) is 38.1 Å². The van der Waals surface area contributed by atoms with E-state index in [4.69, 9.17) is 9.47 Å². The number of aliphatic hydroxyl groups excluding tert-OH is 2. The second-order valence-corrected chi connectivity index (χ2v) is 12.0. The van der Waals surface area contributed by atoms with Crippen molar-refractivity contribution in [3.05, 3.63) is 59.7 Å². The zero-order valence-corrected chi connectivity index (χ0v) is 25.4. The number of hydrogen-bond donors (Lipinski definition) is 2. The molecule has 0 radical (unpaired) electrons.